The first-order chi connectivity index (χ1) is 15.0. The molecule has 0 radical (unpaired) electrons. The van der Waals surface area contributed by atoms with Gasteiger partial charge in [0.25, 0.3) is 5.91 Å². The zero-order chi connectivity index (χ0) is 21.8. The van der Waals surface area contributed by atoms with Gasteiger partial charge in [0.1, 0.15) is 12.4 Å². The molecule has 4 rings (SSSR count). The number of rotatable bonds is 6. The highest BCUT2D eigenvalue weighted by Crippen LogP contribution is 2.37. The number of benzene rings is 3. The van der Waals surface area contributed by atoms with Gasteiger partial charge in [-0.2, -0.15) is 0 Å². The van der Waals surface area contributed by atoms with Crippen LogP contribution in [0.5, 0.6) is 5.75 Å². The highest BCUT2D eigenvalue weighted by atomic mass is 32.2. The van der Waals surface area contributed by atoms with Crippen molar-refractivity contribution in [1.29, 1.82) is 0 Å². The lowest BCUT2D eigenvalue weighted by Gasteiger charge is -2.15. The van der Waals surface area contributed by atoms with E-state index in [0.717, 1.165) is 27.5 Å². The second-order valence-electron chi connectivity index (χ2n) is 7.07. The van der Waals surface area contributed by atoms with Gasteiger partial charge in [-0.05, 0) is 60.7 Å². The maximum atomic E-state index is 13.0. The maximum Gasteiger partial charge on any atom is 0.270 e. The molecule has 3 aromatic carbocycles. The zero-order valence-corrected chi connectivity index (χ0v) is 19.7. The number of thiocarbonyl (C=S) groups is 1. The first-order valence-electron chi connectivity index (χ1n) is 9.74. The van der Waals surface area contributed by atoms with Crippen molar-refractivity contribution >= 4 is 57.7 Å². The van der Waals surface area contributed by atoms with Crippen molar-refractivity contribution in [1.82, 2.24) is 0 Å². The number of amides is 1. The van der Waals surface area contributed by atoms with Crippen LogP contribution in [0.3, 0.4) is 0 Å². The Balaban J connectivity index is 1.46. The van der Waals surface area contributed by atoms with Crippen molar-refractivity contribution in [2.75, 3.05) is 11.2 Å². The third-order valence-electron chi connectivity index (χ3n) is 4.77. The van der Waals surface area contributed by atoms with Gasteiger partial charge in [0, 0.05) is 4.90 Å². The van der Waals surface area contributed by atoms with E-state index < -0.39 is 0 Å². The highest BCUT2D eigenvalue weighted by molar-refractivity contribution is 8.27. The van der Waals surface area contributed by atoms with Gasteiger partial charge in [-0.25, -0.2) is 0 Å². The Morgan fingerprint density at radius 2 is 1.84 bits per heavy atom. The first kappa shape index (κ1) is 21.7. The lowest BCUT2D eigenvalue weighted by Crippen LogP contribution is -2.27. The van der Waals surface area contributed by atoms with E-state index in [2.05, 4.69) is 25.1 Å². The van der Waals surface area contributed by atoms with E-state index in [-0.39, 0.29) is 5.91 Å². The fraction of sp³-hybridized carbons (Fsp3) is 0.120. The van der Waals surface area contributed by atoms with Crippen molar-refractivity contribution in [2.45, 2.75) is 18.4 Å². The van der Waals surface area contributed by atoms with Crippen LogP contribution in [0, 0.1) is 6.92 Å². The Kier molecular flexibility index (Phi) is 6.80. The molecular weight excluding hydrogens is 442 g/mol. The maximum absolute atomic E-state index is 13.0. The van der Waals surface area contributed by atoms with Gasteiger partial charge < -0.3 is 4.74 Å². The molecule has 0 bridgehead atoms. The molecule has 0 saturated carbocycles. The number of anilines is 1. The number of thioether (sulfide) groups is 2. The van der Waals surface area contributed by atoms with Crippen LogP contribution < -0.4 is 9.64 Å². The van der Waals surface area contributed by atoms with Crippen molar-refractivity contribution in [2.24, 2.45) is 0 Å². The minimum Gasteiger partial charge on any atom is -0.489 e. The summed E-state index contributed by atoms with van der Waals surface area (Å²) < 4.78 is 6.43. The molecule has 1 aliphatic rings. The van der Waals surface area contributed by atoms with E-state index in [1.54, 1.807) is 16.7 Å². The summed E-state index contributed by atoms with van der Waals surface area (Å²) in [5.41, 5.74) is 4.09. The van der Waals surface area contributed by atoms with Crippen LogP contribution in [0.1, 0.15) is 16.7 Å². The smallest absolute Gasteiger partial charge is 0.270 e. The average molecular weight is 464 g/mol. The van der Waals surface area contributed by atoms with Crippen LogP contribution in [0.15, 0.2) is 82.6 Å². The summed E-state index contributed by atoms with van der Waals surface area (Å²) in [6, 6.07) is 23.9. The van der Waals surface area contributed by atoms with E-state index in [9.17, 15) is 4.79 Å². The molecule has 3 nitrogen and oxygen atoms in total. The summed E-state index contributed by atoms with van der Waals surface area (Å²) in [5.74, 6) is 0.702. The highest BCUT2D eigenvalue weighted by Gasteiger charge is 2.33. The molecule has 1 saturated heterocycles. The Hall–Kier alpha value is -2.54. The Morgan fingerprint density at radius 1 is 1.06 bits per heavy atom. The Morgan fingerprint density at radius 3 is 2.58 bits per heavy atom. The SMILES string of the molecule is CSc1cccc(N2C(=O)/C(=C\c3ccc(OCc4cccc(C)c4)cc3)SC2=S)c1. The minimum absolute atomic E-state index is 0.0898. The predicted molar refractivity (Wildman–Crippen MR) is 136 cm³/mol. The number of carbonyl (C=O) groups excluding carboxylic acids is 1. The molecule has 1 fully saturated rings. The molecule has 0 aliphatic carbocycles. The van der Waals surface area contributed by atoms with Crippen molar-refractivity contribution in [3.8, 4) is 5.75 Å². The largest absolute Gasteiger partial charge is 0.489 e. The molecule has 156 valence electrons. The summed E-state index contributed by atoms with van der Waals surface area (Å²) in [5, 5.41) is 0. The molecule has 0 N–H and O–H groups in total. The fourth-order valence-corrected chi connectivity index (χ4v) is 4.97. The van der Waals surface area contributed by atoms with Crippen LogP contribution in [0.4, 0.5) is 5.69 Å². The molecule has 1 amide bonds. The fourth-order valence-electron chi connectivity index (χ4n) is 3.22. The van der Waals surface area contributed by atoms with Gasteiger partial charge in [-0.15, -0.1) is 11.8 Å². The van der Waals surface area contributed by atoms with Crippen LogP contribution >= 0.6 is 35.7 Å². The summed E-state index contributed by atoms with van der Waals surface area (Å²) in [4.78, 5) is 16.3. The number of nitrogens with zero attached hydrogens (tertiary/aromatic N) is 1. The number of carbonyl (C=O) groups is 1. The van der Waals surface area contributed by atoms with Gasteiger partial charge >= 0.3 is 0 Å². The number of aryl methyl sites for hydroxylation is 1. The topological polar surface area (TPSA) is 29.5 Å². The molecule has 1 heterocycles. The van der Waals surface area contributed by atoms with E-state index in [1.165, 1.54) is 17.3 Å². The third kappa shape index (κ3) is 5.21. The normalized spacial score (nSPS) is 15.0. The van der Waals surface area contributed by atoms with Crippen LogP contribution in [0.2, 0.25) is 0 Å². The van der Waals surface area contributed by atoms with Gasteiger partial charge in [0.2, 0.25) is 0 Å². The van der Waals surface area contributed by atoms with E-state index >= 15 is 0 Å². The van der Waals surface area contributed by atoms with Crippen molar-refractivity contribution in [3.05, 3.63) is 94.4 Å². The second kappa shape index (κ2) is 9.73. The summed E-state index contributed by atoms with van der Waals surface area (Å²) in [7, 11) is 0. The lowest BCUT2D eigenvalue weighted by molar-refractivity contribution is -0.113. The van der Waals surface area contributed by atoms with Crippen LogP contribution in [0.25, 0.3) is 6.08 Å². The zero-order valence-electron chi connectivity index (χ0n) is 17.2. The Bertz CT molecular complexity index is 1160. The number of hydrogen-bond donors (Lipinski definition) is 0. The third-order valence-corrected chi connectivity index (χ3v) is 6.80. The summed E-state index contributed by atoms with van der Waals surface area (Å²) >= 11 is 8.45. The lowest BCUT2D eigenvalue weighted by atomic mass is 10.1. The minimum atomic E-state index is -0.0898. The molecule has 0 aromatic heterocycles. The molecule has 1 aliphatic heterocycles. The summed E-state index contributed by atoms with van der Waals surface area (Å²) in [6.07, 6.45) is 3.89. The molecule has 3 aromatic rings. The standard InChI is InChI=1S/C25H21NO2S3/c1-17-5-3-6-19(13-17)16-28-21-11-9-18(10-12-21)14-23-24(27)26(25(29)31-23)20-7-4-8-22(15-20)30-2/h3-15H,16H2,1-2H3/b23-14+. The van der Waals surface area contributed by atoms with Crippen molar-refractivity contribution < 1.29 is 9.53 Å². The van der Waals surface area contributed by atoms with Gasteiger partial charge in [-0.3, -0.25) is 9.69 Å². The Labute approximate surface area is 196 Å². The number of hydrogen-bond acceptors (Lipinski definition) is 5. The van der Waals surface area contributed by atoms with E-state index in [0.29, 0.717) is 15.8 Å². The van der Waals surface area contributed by atoms with E-state index in [1.807, 2.05) is 66.9 Å². The van der Waals surface area contributed by atoms with Gasteiger partial charge in [0.05, 0.1) is 10.6 Å². The predicted octanol–water partition coefficient (Wildman–Crippen LogP) is 6.70. The molecule has 6 heteroatoms. The van der Waals surface area contributed by atoms with Gasteiger partial charge in [-0.1, -0.05) is 72.0 Å². The molecule has 0 atom stereocenters. The monoisotopic (exact) mass is 463 g/mol. The molecule has 31 heavy (non-hydrogen) atoms. The average Bonchev–Trinajstić information content (AvgIpc) is 3.06. The van der Waals surface area contributed by atoms with Crippen LogP contribution in [-0.4, -0.2) is 16.5 Å². The number of ether oxygens (including phenoxy) is 1. The summed E-state index contributed by atoms with van der Waals surface area (Å²) in [6.45, 7) is 2.59. The van der Waals surface area contributed by atoms with Crippen molar-refractivity contribution in [3.63, 3.8) is 0 Å². The van der Waals surface area contributed by atoms with E-state index in [4.69, 9.17) is 17.0 Å². The quantitative estimate of drug-likeness (QED) is 0.230. The van der Waals surface area contributed by atoms with Crippen LogP contribution in [-0.2, 0) is 11.4 Å². The molecule has 0 unspecified atom stereocenters. The molecule has 0 spiro atoms. The van der Waals surface area contributed by atoms with Gasteiger partial charge in [0.15, 0.2) is 4.32 Å². The first-order valence-corrected chi connectivity index (χ1v) is 12.2. The molecular formula is C25H21NO2S3. The second-order valence-corrected chi connectivity index (χ2v) is 9.62.